The molecule has 6 unspecified atom stereocenters. The lowest BCUT2D eigenvalue weighted by Gasteiger charge is -2.59. The van der Waals surface area contributed by atoms with E-state index in [1.807, 2.05) is 18.3 Å². The van der Waals surface area contributed by atoms with Crippen LogP contribution in [0.1, 0.15) is 77.7 Å². The molecule has 1 heterocycles. The highest BCUT2D eigenvalue weighted by molar-refractivity contribution is 5.96. The molecular weight excluding hydrogens is 502 g/mol. The van der Waals surface area contributed by atoms with Gasteiger partial charge in [0.25, 0.3) is 5.91 Å². The quantitative estimate of drug-likeness (QED) is 0.401. The highest BCUT2D eigenvalue weighted by atomic mass is 16.6. The van der Waals surface area contributed by atoms with Crippen molar-refractivity contribution in [1.82, 2.24) is 10.3 Å². The smallest absolute Gasteiger partial charge is 0.260 e. The number of hydrogen-bond acceptors (Lipinski definition) is 5. The molecular formula is C33H43N3O4. The van der Waals surface area contributed by atoms with Crippen molar-refractivity contribution in [1.29, 1.82) is 0 Å². The molecule has 40 heavy (non-hydrogen) atoms. The number of benzene rings is 1. The van der Waals surface area contributed by atoms with Crippen molar-refractivity contribution < 1.29 is 19.5 Å². The predicted octanol–water partition coefficient (Wildman–Crippen LogP) is 5.48. The van der Waals surface area contributed by atoms with Crippen LogP contribution in [-0.4, -0.2) is 46.2 Å². The number of fused-ring (bicyclic) bond motifs is 6. The minimum atomic E-state index is -1.16. The van der Waals surface area contributed by atoms with Gasteiger partial charge in [-0.15, -0.1) is 0 Å². The van der Waals surface area contributed by atoms with Crippen LogP contribution in [0.4, 0.5) is 0 Å². The van der Waals surface area contributed by atoms with Crippen molar-refractivity contribution in [2.24, 2.45) is 33.7 Å². The van der Waals surface area contributed by atoms with E-state index in [1.54, 1.807) is 6.92 Å². The zero-order valence-electron chi connectivity index (χ0n) is 24.1. The summed E-state index contributed by atoms with van der Waals surface area (Å²) in [4.78, 5) is 33.6. The number of nitrogens with zero attached hydrogens (tertiary/aromatic N) is 1. The number of H-pyrrole nitrogens is 1. The summed E-state index contributed by atoms with van der Waals surface area (Å²) in [5.74, 6) is 1.32. The van der Waals surface area contributed by atoms with Crippen molar-refractivity contribution in [2.75, 3.05) is 13.2 Å². The van der Waals surface area contributed by atoms with Gasteiger partial charge in [0, 0.05) is 29.1 Å². The highest BCUT2D eigenvalue weighted by Gasteiger charge is 2.65. The number of rotatable bonds is 7. The van der Waals surface area contributed by atoms with Gasteiger partial charge in [-0.3, -0.25) is 9.59 Å². The first kappa shape index (κ1) is 27.3. The van der Waals surface area contributed by atoms with Gasteiger partial charge in [0.05, 0.1) is 5.71 Å². The first-order valence-electron chi connectivity index (χ1n) is 15.1. The van der Waals surface area contributed by atoms with Gasteiger partial charge in [-0.1, -0.05) is 42.8 Å². The van der Waals surface area contributed by atoms with E-state index in [2.05, 4.69) is 47.5 Å². The normalized spacial score (nSPS) is 36.0. The fourth-order valence-corrected chi connectivity index (χ4v) is 9.14. The Morgan fingerprint density at radius 2 is 1.90 bits per heavy atom. The van der Waals surface area contributed by atoms with Crippen molar-refractivity contribution in [2.45, 2.75) is 84.2 Å². The summed E-state index contributed by atoms with van der Waals surface area (Å²) < 4.78 is 0. The lowest BCUT2D eigenvalue weighted by atomic mass is 9.46. The van der Waals surface area contributed by atoms with E-state index < -0.39 is 5.60 Å². The molecule has 0 spiro atoms. The number of allylic oxidation sites excluding steroid dienone is 2. The molecule has 7 nitrogen and oxygen atoms in total. The second-order valence-electron chi connectivity index (χ2n) is 13.2. The molecule has 0 aliphatic heterocycles. The third-order valence-electron chi connectivity index (χ3n) is 11.5. The van der Waals surface area contributed by atoms with Gasteiger partial charge in [0.15, 0.2) is 12.4 Å². The molecule has 4 aliphatic rings. The van der Waals surface area contributed by atoms with Crippen LogP contribution in [0.25, 0.3) is 10.9 Å². The summed E-state index contributed by atoms with van der Waals surface area (Å²) >= 11 is 0. The van der Waals surface area contributed by atoms with E-state index in [9.17, 15) is 14.7 Å². The third-order valence-corrected chi connectivity index (χ3v) is 11.5. The summed E-state index contributed by atoms with van der Waals surface area (Å²) in [5.41, 5.74) is 3.33. The van der Waals surface area contributed by atoms with E-state index in [-0.39, 0.29) is 29.1 Å². The number of hydrogen-bond donors (Lipinski definition) is 3. The van der Waals surface area contributed by atoms with Crippen LogP contribution in [-0.2, 0) is 20.8 Å². The van der Waals surface area contributed by atoms with Crippen LogP contribution in [0.3, 0.4) is 0 Å². The van der Waals surface area contributed by atoms with E-state index in [4.69, 9.17) is 4.84 Å². The Morgan fingerprint density at radius 1 is 1.10 bits per heavy atom. The molecule has 1 amide bonds. The van der Waals surface area contributed by atoms with E-state index in [0.29, 0.717) is 30.7 Å². The standard InChI is InChI=1S/C33H43N3O4/c1-21(37)33(39)16-12-28-26-9-8-23-18-24(10-14-31(23,2)27(26)11-15-32(28,33)3)36-40-20-30(38)34-17-13-22-19-35-29-7-5-4-6-25(22)29/h4-7,18-19,26-28,35,39H,8-17,20H2,1-3H3,(H,34,38). The second-order valence-corrected chi connectivity index (χ2v) is 13.2. The average Bonchev–Trinajstić information content (AvgIpc) is 3.47. The van der Waals surface area contributed by atoms with Crippen LogP contribution in [0.15, 0.2) is 47.3 Å². The summed E-state index contributed by atoms with van der Waals surface area (Å²) in [6.07, 6.45) is 12.5. The zero-order chi connectivity index (χ0) is 28.1. The number of ketones is 1. The number of nitrogens with one attached hydrogen (secondary N) is 2. The molecule has 3 fully saturated rings. The Balaban J connectivity index is 1.04. The Kier molecular flexibility index (Phi) is 6.92. The largest absolute Gasteiger partial charge is 0.385 e. The van der Waals surface area contributed by atoms with Gasteiger partial charge in [-0.2, -0.15) is 0 Å². The van der Waals surface area contributed by atoms with Crippen molar-refractivity contribution >= 4 is 28.3 Å². The Bertz CT molecular complexity index is 1380. The van der Waals surface area contributed by atoms with Gasteiger partial charge < -0.3 is 20.2 Å². The van der Waals surface area contributed by atoms with E-state index in [1.165, 1.54) is 16.5 Å². The predicted molar refractivity (Wildman–Crippen MR) is 156 cm³/mol. The van der Waals surface area contributed by atoms with Gasteiger partial charge in [0.2, 0.25) is 0 Å². The number of aromatic amines is 1. The van der Waals surface area contributed by atoms with E-state index in [0.717, 1.165) is 62.6 Å². The number of aliphatic hydroxyl groups is 1. The third kappa shape index (κ3) is 4.32. The summed E-state index contributed by atoms with van der Waals surface area (Å²) in [5, 5.41) is 19.9. The summed E-state index contributed by atoms with van der Waals surface area (Å²) in [6.45, 7) is 6.64. The fraction of sp³-hybridized carbons (Fsp3) is 0.606. The van der Waals surface area contributed by atoms with Crippen LogP contribution >= 0.6 is 0 Å². The molecule has 6 rings (SSSR count). The maximum absolute atomic E-state index is 12.5. The Morgan fingerprint density at radius 3 is 2.73 bits per heavy atom. The number of amides is 1. The Labute approximate surface area is 236 Å². The topological polar surface area (TPSA) is 104 Å². The number of para-hydroxylation sites is 1. The van der Waals surface area contributed by atoms with Crippen molar-refractivity contribution in [3.8, 4) is 0 Å². The van der Waals surface area contributed by atoms with Crippen molar-refractivity contribution in [3.05, 3.63) is 47.7 Å². The molecule has 3 N–H and O–H groups in total. The molecule has 4 aliphatic carbocycles. The minimum absolute atomic E-state index is 0.0555. The Hall–Kier alpha value is -2.93. The number of carbonyl (C=O) groups excluding carboxylic acids is 2. The van der Waals surface area contributed by atoms with Crippen LogP contribution in [0.5, 0.6) is 0 Å². The van der Waals surface area contributed by atoms with Gasteiger partial charge in [-0.05, 0) is 106 Å². The SMILES string of the molecule is CC(=O)C1(O)CCC2C3CCC4=CC(=NOCC(=O)NCCc5c[nH]c6ccccc56)CCC4(C)C3CCC21C. The molecule has 0 radical (unpaired) electrons. The highest BCUT2D eigenvalue weighted by Crippen LogP contribution is 2.67. The molecule has 6 atom stereocenters. The van der Waals surface area contributed by atoms with Crippen LogP contribution in [0, 0.1) is 28.6 Å². The molecule has 0 saturated heterocycles. The lowest BCUT2D eigenvalue weighted by Crippen LogP contribution is -2.57. The molecule has 2 aromatic rings. The average molecular weight is 546 g/mol. The molecule has 214 valence electrons. The number of aromatic nitrogens is 1. The molecule has 1 aromatic heterocycles. The van der Waals surface area contributed by atoms with Gasteiger partial charge in [0.1, 0.15) is 5.60 Å². The first-order valence-corrected chi connectivity index (χ1v) is 15.1. The molecule has 3 saturated carbocycles. The molecule has 7 heteroatoms. The number of oxime groups is 1. The monoisotopic (exact) mass is 545 g/mol. The summed E-state index contributed by atoms with van der Waals surface area (Å²) in [7, 11) is 0. The minimum Gasteiger partial charge on any atom is -0.385 e. The maximum Gasteiger partial charge on any atom is 0.260 e. The molecule has 0 bridgehead atoms. The number of Topliss-reactive ketones (excluding diaryl/α,β-unsaturated/α-hetero) is 1. The molecule has 1 aromatic carbocycles. The second kappa shape index (κ2) is 10.2. The van der Waals surface area contributed by atoms with Gasteiger partial charge >= 0.3 is 0 Å². The first-order chi connectivity index (χ1) is 19.2. The lowest BCUT2D eigenvalue weighted by molar-refractivity contribution is -0.159. The van der Waals surface area contributed by atoms with Crippen molar-refractivity contribution in [3.63, 3.8) is 0 Å². The van der Waals surface area contributed by atoms with Crippen LogP contribution < -0.4 is 5.32 Å². The summed E-state index contributed by atoms with van der Waals surface area (Å²) in [6, 6.07) is 8.17. The van der Waals surface area contributed by atoms with Crippen LogP contribution in [0.2, 0.25) is 0 Å². The van der Waals surface area contributed by atoms with E-state index >= 15 is 0 Å². The zero-order valence-corrected chi connectivity index (χ0v) is 24.1. The number of carbonyl (C=O) groups is 2. The fourth-order valence-electron chi connectivity index (χ4n) is 9.14. The maximum atomic E-state index is 12.5. The van der Waals surface area contributed by atoms with Gasteiger partial charge in [-0.25, -0.2) is 0 Å².